The molecule has 0 aliphatic heterocycles. The van der Waals surface area contributed by atoms with E-state index in [0.717, 1.165) is 0 Å². The summed E-state index contributed by atoms with van der Waals surface area (Å²) in [6.45, 7) is 0. The molecule has 0 spiro atoms. The topological polar surface area (TPSA) is 91.9 Å². The molecule has 0 atom stereocenters. The van der Waals surface area contributed by atoms with E-state index >= 15 is 0 Å². The maximum absolute atomic E-state index is 11.0. The number of hydrogen-bond acceptors (Lipinski definition) is 4. The van der Waals surface area contributed by atoms with Crippen molar-refractivity contribution in [2.24, 2.45) is 7.05 Å². The van der Waals surface area contributed by atoms with E-state index in [0.29, 0.717) is 5.69 Å². The van der Waals surface area contributed by atoms with Crippen LogP contribution in [0.1, 0.15) is 0 Å². The molecular weight excluding hydrogens is 264 g/mol. The predicted molar refractivity (Wildman–Crippen MR) is 59.7 cm³/mol. The number of nitrogens with one attached hydrogen (secondary N) is 1. The summed E-state index contributed by atoms with van der Waals surface area (Å²) in [5.74, 6) is 0. The van der Waals surface area contributed by atoms with Gasteiger partial charge < -0.3 is 0 Å². The number of H-pyrrole nitrogens is 1. The van der Waals surface area contributed by atoms with Gasteiger partial charge >= 0.3 is 4.77 Å². The van der Waals surface area contributed by atoms with Gasteiger partial charge in [-0.15, -0.1) is 0 Å². The van der Waals surface area contributed by atoms with Crippen molar-refractivity contribution in [3.8, 4) is 5.69 Å². The fraction of sp³-hybridized carbons (Fsp3) is 0.125. The molecular formula is C8H9N4O3S2+. The lowest BCUT2D eigenvalue weighted by Crippen LogP contribution is -2.34. The Bertz CT molecular complexity index is 716. The van der Waals surface area contributed by atoms with Gasteiger partial charge in [-0.25, -0.2) is 0 Å². The first kappa shape index (κ1) is 11.9. The summed E-state index contributed by atoms with van der Waals surface area (Å²) in [5, 5.41) is 6.69. The summed E-state index contributed by atoms with van der Waals surface area (Å²) >= 11 is 4.98. The first-order valence-electron chi connectivity index (χ1n) is 4.51. The number of benzene rings is 1. The fourth-order valence-corrected chi connectivity index (χ4v) is 2.12. The summed E-state index contributed by atoms with van der Waals surface area (Å²) in [6.07, 6.45) is 0. The van der Waals surface area contributed by atoms with Gasteiger partial charge in [0.15, 0.2) is 5.69 Å². The number of rotatable bonds is 2. The first-order chi connectivity index (χ1) is 7.88. The Morgan fingerprint density at radius 3 is 2.76 bits per heavy atom. The molecule has 0 fully saturated rings. The van der Waals surface area contributed by atoms with Crippen LogP contribution in [0.25, 0.3) is 5.69 Å². The van der Waals surface area contributed by atoms with Gasteiger partial charge in [-0.3, -0.25) is 4.55 Å². The zero-order valence-corrected chi connectivity index (χ0v) is 10.4. The highest BCUT2D eigenvalue weighted by atomic mass is 32.2. The van der Waals surface area contributed by atoms with E-state index in [1.165, 1.54) is 27.7 Å². The van der Waals surface area contributed by atoms with Crippen molar-refractivity contribution in [1.82, 2.24) is 15.0 Å². The Kier molecular flexibility index (Phi) is 2.81. The molecule has 17 heavy (non-hydrogen) atoms. The summed E-state index contributed by atoms with van der Waals surface area (Å²) < 4.78 is 32.6. The minimum atomic E-state index is -4.23. The highest BCUT2D eigenvalue weighted by Gasteiger charge is 2.14. The molecule has 90 valence electrons. The van der Waals surface area contributed by atoms with Crippen LogP contribution in [-0.2, 0) is 17.2 Å². The SMILES string of the molecule is C[n+]1nc(=S)n(-c2cccc(S(=O)(=O)O)c2)[nH]1. The van der Waals surface area contributed by atoms with Crippen molar-refractivity contribution >= 4 is 22.3 Å². The van der Waals surface area contributed by atoms with Gasteiger partial charge in [0.05, 0.1) is 4.90 Å². The van der Waals surface area contributed by atoms with Crippen LogP contribution in [0, 0.1) is 4.77 Å². The molecule has 0 amide bonds. The number of aryl methyl sites for hydroxylation is 1. The van der Waals surface area contributed by atoms with Crippen LogP contribution < -0.4 is 4.80 Å². The molecule has 0 aliphatic carbocycles. The third-order valence-electron chi connectivity index (χ3n) is 2.05. The number of hydrogen-bond donors (Lipinski definition) is 2. The maximum atomic E-state index is 11.0. The largest absolute Gasteiger partial charge is 0.352 e. The van der Waals surface area contributed by atoms with Crippen molar-refractivity contribution in [3.63, 3.8) is 0 Å². The Morgan fingerprint density at radius 1 is 1.53 bits per heavy atom. The van der Waals surface area contributed by atoms with Gasteiger partial charge in [-0.1, -0.05) is 20.8 Å². The van der Waals surface area contributed by atoms with Crippen LogP contribution in [0.3, 0.4) is 0 Å². The summed E-state index contributed by atoms with van der Waals surface area (Å²) in [6, 6.07) is 5.73. The zero-order valence-electron chi connectivity index (χ0n) is 8.73. The van der Waals surface area contributed by atoms with Gasteiger partial charge in [0.25, 0.3) is 10.1 Å². The van der Waals surface area contributed by atoms with Crippen LogP contribution in [-0.4, -0.2) is 28.0 Å². The normalized spacial score (nSPS) is 11.6. The molecule has 7 nitrogen and oxygen atoms in total. The Labute approximate surface area is 102 Å². The number of aromatic nitrogens is 4. The Hall–Kier alpha value is -1.58. The molecule has 1 aromatic heterocycles. The van der Waals surface area contributed by atoms with Crippen LogP contribution in [0.15, 0.2) is 29.2 Å². The lowest BCUT2D eigenvalue weighted by molar-refractivity contribution is -0.785. The van der Waals surface area contributed by atoms with Gasteiger partial charge in [0, 0.05) is 6.07 Å². The molecule has 2 aromatic rings. The average Bonchev–Trinajstić information content (AvgIpc) is 2.57. The average molecular weight is 273 g/mol. The van der Waals surface area contributed by atoms with Crippen molar-refractivity contribution < 1.29 is 17.8 Å². The van der Waals surface area contributed by atoms with Gasteiger partial charge in [-0.2, -0.15) is 8.42 Å². The fourth-order valence-electron chi connectivity index (χ4n) is 1.33. The molecule has 1 heterocycles. The second-order valence-corrected chi connectivity index (χ2v) is 5.10. The second-order valence-electron chi connectivity index (χ2n) is 3.31. The molecule has 2 N–H and O–H groups in total. The third-order valence-corrected chi connectivity index (χ3v) is 3.16. The number of aromatic amines is 1. The summed E-state index contributed by atoms with van der Waals surface area (Å²) in [5.41, 5.74) is 0.471. The lowest BCUT2D eigenvalue weighted by atomic mass is 10.3. The maximum Gasteiger partial charge on any atom is 0.352 e. The minimum Gasteiger partial charge on any atom is -0.282 e. The van der Waals surface area contributed by atoms with E-state index in [-0.39, 0.29) is 9.67 Å². The Balaban J connectivity index is 2.62. The molecule has 2 rings (SSSR count). The standard InChI is InChI=1S/C8H8N4O3S2/c1-11-9-8(16)12(10-11)6-3-2-4-7(5-6)17(13,14)15/h2-5H,1H3,(H-,9,10,13,14,15,16)/p+1. The van der Waals surface area contributed by atoms with Crippen molar-refractivity contribution in [1.29, 1.82) is 0 Å². The molecule has 9 heteroatoms. The molecule has 0 radical (unpaired) electrons. The zero-order chi connectivity index (χ0) is 12.6. The van der Waals surface area contributed by atoms with Crippen LogP contribution in [0.5, 0.6) is 0 Å². The van der Waals surface area contributed by atoms with E-state index in [1.807, 2.05) is 0 Å². The van der Waals surface area contributed by atoms with Gasteiger partial charge in [-0.05, 0) is 29.4 Å². The van der Waals surface area contributed by atoms with E-state index in [1.54, 1.807) is 13.1 Å². The Morgan fingerprint density at radius 2 is 2.24 bits per heavy atom. The molecule has 0 saturated carbocycles. The van der Waals surface area contributed by atoms with Gasteiger partial charge in [0.2, 0.25) is 0 Å². The van der Waals surface area contributed by atoms with Gasteiger partial charge in [0.1, 0.15) is 7.05 Å². The molecule has 0 unspecified atom stereocenters. The summed E-state index contributed by atoms with van der Waals surface area (Å²) in [4.78, 5) is 1.19. The van der Waals surface area contributed by atoms with E-state index < -0.39 is 10.1 Å². The second kappa shape index (κ2) is 4.02. The first-order valence-corrected chi connectivity index (χ1v) is 6.36. The predicted octanol–water partition coefficient (Wildman–Crippen LogP) is 0.00109. The smallest absolute Gasteiger partial charge is 0.282 e. The van der Waals surface area contributed by atoms with Crippen LogP contribution in [0.2, 0.25) is 0 Å². The van der Waals surface area contributed by atoms with Crippen molar-refractivity contribution in [3.05, 3.63) is 29.0 Å². The van der Waals surface area contributed by atoms with E-state index in [2.05, 4.69) is 10.3 Å². The lowest BCUT2D eigenvalue weighted by Gasteiger charge is -1.98. The molecule has 0 bridgehead atoms. The van der Waals surface area contributed by atoms with Crippen LogP contribution in [0.4, 0.5) is 0 Å². The third kappa shape index (κ3) is 2.40. The van der Waals surface area contributed by atoms with E-state index in [4.69, 9.17) is 16.8 Å². The summed E-state index contributed by atoms with van der Waals surface area (Å²) in [7, 11) is -2.58. The monoisotopic (exact) mass is 273 g/mol. The highest BCUT2D eigenvalue weighted by Crippen LogP contribution is 2.13. The highest BCUT2D eigenvalue weighted by molar-refractivity contribution is 7.85. The quantitative estimate of drug-likeness (QED) is 0.456. The minimum absolute atomic E-state index is 0.200. The van der Waals surface area contributed by atoms with Crippen molar-refractivity contribution in [2.75, 3.05) is 0 Å². The number of nitrogens with zero attached hydrogens (tertiary/aromatic N) is 3. The number of tetrazole rings is 1. The molecule has 1 aromatic carbocycles. The van der Waals surface area contributed by atoms with Crippen LogP contribution >= 0.6 is 12.2 Å². The molecule has 0 aliphatic rings. The van der Waals surface area contributed by atoms with E-state index in [9.17, 15) is 8.42 Å². The van der Waals surface area contributed by atoms with Crippen molar-refractivity contribution in [2.45, 2.75) is 4.90 Å². The molecule has 0 saturated heterocycles.